The van der Waals surface area contributed by atoms with E-state index in [2.05, 4.69) is 36.0 Å². The molecule has 4 aromatic rings. The van der Waals surface area contributed by atoms with Gasteiger partial charge in [0.1, 0.15) is 5.76 Å². The highest BCUT2D eigenvalue weighted by Gasteiger charge is 2.08. The van der Waals surface area contributed by atoms with Gasteiger partial charge in [-0.15, -0.1) is 0 Å². The van der Waals surface area contributed by atoms with Gasteiger partial charge in [0, 0.05) is 28.3 Å². The number of carbonyl (C=O) groups excluding carboxylic acids is 1. The first-order chi connectivity index (χ1) is 19.7. The molecule has 2 aromatic carbocycles. The molecule has 0 aliphatic carbocycles. The van der Waals surface area contributed by atoms with Gasteiger partial charge in [-0.2, -0.15) is 0 Å². The predicted octanol–water partition coefficient (Wildman–Crippen LogP) is 7.99. The number of carboxylic acids is 1. The summed E-state index contributed by atoms with van der Waals surface area (Å²) < 4.78 is 5.21. The van der Waals surface area contributed by atoms with Gasteiger partial charge in [-0.1, -0.05) is 43.7 Å². The molecule has 0 saturated carbocycles. The number of ketones is 1. The topological polar surface area (TPSA) is 95.7 Å². The fourth-order valence-corrected chi connectivity index (χ4v) is 4.47. The average Bonchev–Trinajstić information content (AvgIpc) is 3.41. The molecular weight excluding hydrogens is 538 g/mol. The average molecular weight is 576 g/mol. The van der Waals surface area contributed by atoms with Crippen LogP contribution >= 0.6 is 11.6 Å². The molecule has 1 atom stereocenters. The Bertz CT molecular complexity index is 1460. The summed E-state index contributed by atoms with van der Waals surface area (Å²) in [5.41, 5.74) is 3.04. The number of allylic oxidation sites excluding steroid dienone is 1. The Kier molecular flexibility index (Phi) is 12.1. The zero-order valence-corrected chi connectivity index (χ0v) is 24.8. The second kappa shape index (κ2) is 15.7. The van der Waals surface area contributed by atoms with Crippen LogP contribution in [0.3, 0.4) is 0 Å². The lowest BCUT2D eigenvalue weighted by Gasteiger charge is -2.20. The molecular formula is C33H38ClN3O4. The van der Waals surface area contributed by atoms with E-state index >= 15 is 0 Å². The molecule has 0 amide bonds. The standard InChI is InChI=1S/C18H26ClN3.C15H12O4/c1-4-22(5-2)12-6-7-14(3)21-17-10-11-20-18-13-15(19)8-9-16(17)18;1-10-2-9-14(19-10)13(16)8-5-11-3-6-12(7-4-11)15(17)18/h8-11,13-14H,4-7,12H2,1-3H3,(H,20,21);2-9H,1H3,(H,17,18)/b;8-5+. The molecule has 8 heteroatoms. The fraction of sp³-hybridized carbons (Fsp3) is 0.303. The maximum Gasteiger partial charge on any atom is 0.335 e. The van der Waals surface area contributed by atoms with Crippen LogP contribution in [-0.4, -0.2) is 52.4 Å². The zero-order valence-electron chi connectivity index (χ0n) is 24.1. The van der Waals surface area contributed by atoms with E-state index in [4.69, 9.17) is 21.1 Å². The number of pyridine rings is 1. The minimum Gasteiger partial charge on any atom is -0.478 e. The van der Waals surface area contributed by atoms with Crippen LogP contribution in [0.5, 0.6) is 0 Å². The monoisotopic (exact) mass is 575 g/mol. The van der Waals surface area contributed by atoms with Gasteiger partial charge < -0.3 is 19.7 Å². The molecule has 41 heavy (non-hydrogen) atoms. The Labute approximate surface area is 246 Å². The van der Waals surface area contributed by atoms with Gasteiger partial charge in [-0.05, 0) is 106 Å². The van der Waals surface area contributed by atoms with Crippen LogP contribution in [0.1, 0.15) is 65.8 Å². The van der Waals surface area contributed by atoms with Crippen molar-refractivity contribution < 1.29 is 19.1 Å². The summed E-state index contributed by atoms with van der Waals surface area (Å²) in [6.07, 6.45) is 7.22. The Morgan fingerprint density at radius 3 is 2.44 bits per heavy atom. The van der Waals surface area contributed by atoms with Crippen molar-refractivity contribution in [1.29, 1.82) is 0 Å². The van der Waals surface area contributed by atoms with Crippen molar-refractivity contribution in [3.8, 4) is 0 Å². The van der Waals surface area contributed by atoms with Gasteiger partial charge in [0.2, 0.25) is 5.78 Å². The number of rotatable bonds is 12. The van der Waals surface area contributed by atoms with Crippen molar-refractivity contribution in [2.24, 2.45) is 0 Å². The second-order valence-electron chi connectivity index (χ2n) is 9.77. The summed E-state index contributed by atoms with van der Waals surface area (Å²) >= 11 is 6.04. The molecule has 1 unspecified atom stereocenters. The molecule has 4 rings (SSSR count). The van der Waals surface area contributed by atoms with Gasteiger partial charge in [-0.25, -0.2) is 4.79 Å². The number of aromatic carboxylic acids is 1. The van der Waals surface area contributed by atoms with Crippen molar-refractivity contribution in [2.75, 3.05) is 25.0 Å². The van der Waals surface area contributed by atoms with E-state index in [1.807, 2.05) is 30.5 Å². The number of benzene rings is 2. The maximum absolute atomic E-state index is 11.7. The summed E-state index contributed by atoms with van der Waals surface area (Å²) in [5, 5.41) is 14.2. The van der Waals surface area contributed by atoms with E-state index in [9.17, 15) is 9.59 Å². The lowest BCUT2D eigenvalue weighted by molar-refractivity contribution is 0.0696. The van der Waals surface area contributed by atoms with Crippen molar-refractivity contribution in [3.05, 3.63) is 101 Å². The summed E-state index contributed by atoms with van der Waals surface area (Å²) in [6.45, 7) is 11.9. The Hall–Kier alpha value is -3.94. The van der Waals surface area contributed by atoms with Crippen molar-refractivity contribution in [3.63, 3.8) is 0 Å². The van der Waals surface area contributed by atoms with Crippen molar-refractivity contribution in [1.82, 2.24) is 9.88 Å². The number of fused-ring (bicyclic) bond motifs is 1. The Morgan fingerprint density at radius 1 is 1.07 bits per heavy atom. The van der Waals surface area contributed by atoms with Crippen LogP contribution in [0.2, 0.25) is 5.02 Å². The van der Waals surface area contributed by atoms with E-state index in [0.29, 0.717) is 11.8 Å². The number of furan rings is 1. The van der Waals surface area contributed by atoms with Gasteiger partial charge in [-0.3, -0.25) is 9.78 Å². The lowest BCUT2D eigenvalue weighted by atomic mass is 10.1. The van der Waals surface area contributed by atoms with Crippen molar-refractivity contribution in [2.45, 2.75) is 46.6 Å². The number of carboxylic acid groups (broad SMARTS) is 1. The molecule has 0 aliphatic heterocycles. The van der Waals surface area contributed by atoms with E-state index in [0.717, 1.165) is 46.7 Å². The highest BCUT2D eigenvalue weighted by atomic mass is 35.5. The Balaban J connectivity index is 0.000000228. The fourth-order valence-electron chi connectivity index (χ4n) is 4.30. The third-order valence-corrected chi connectivity index (χ3v) is 6.92. The minimum atomic E-state index is -0.974. The number of nitrogens with zero attached hydrogens (tertiary/aromatic N) is 2. The molecule has 0 aliphatic rings. The number of aromatic nitrogens is 1. The first-order valence-corrected chi connectivity index (χ1v) is 14.2. The third-order valence-electron chi connectivity index (χ3n) is 6.68. The smallest absolute Gasteiger partial charge is 0.335 e. The first kappa shape index (κ1) is 31.6. The van der Waals surface area contributed by atoms with Gasteiger partial charge in [0.05, 0.1) is 11.1 Å². The molecule has 0 spiro atoms. The largest absolute Gasteiger partial charge is 0.478 e. The molecule has 0 saturated heterocycles. The van der Waals surface area contributed by atoms with Gasteiger partial charge in [0.15, 0.2) is 5.76 Å². The van der Waals surface area contributed by atoms with Crippen LogP contribution in [0.15, 0.2) is 77.4 Å². The number of aryl methyl sites for hydroxylation is 1. The molecule has 2 N–H and O–H groups in total. The van der Waals surface area contributed by atoms with Crippen LogP contribution in [0, 0.1) is 6.92 Å². The number of halogens is 1. The van der Waals surface area contributed by atoms with Crippen LogP contribution in [0.25, 0.3) is 17.0 Å². The number of nitrogens with one attached hydrogen (secondary N) is 1. The Morgan fingerprint density at radius 2 is 1.80 bits per heavy atom. The van der Waals surface area contributed by atoms with Crippen LogP contribution < -0.4 is 5.32 Å². The predicted molar refractivity (Wildman–Crippen MR) is 167 cm³/mol. The molecule has 0 radical (unpaired) electrons. The van der Waals surface area contributed by atoms with Crippen LogP contribution in [0.4, 0.5) is 5.69 Å². The highest BCUT2D eigenvalue weighted by molar-refractivity contribution is 6.31. The normalized spacial score (nSPS) is 11.9. The maximum atomic E-state index is 11.7. The molecule has 7 nitrogen and oxygen atoms in total. The number of hydrogen-bond donors (Lipinski definition) is 2. The SMILES string of the molecule is CCN(CC)CCCC(C)Nc1ccnc2cc(Cl)ccc12.Cc1ccc(C(=O)/C=C/c2ccc(C(=O)O)cc2)o1. The molecule has 0 bridgehead atoms. The molecule has 0 fully saturated rings. The van der Waals surface area contributed by atoms with Crippen LogP contribution in [-0.2, 0) is 0 Å². The first-order valence-electron chi connectivity index (χ1n) is 13.9. The second-order valence-corrected chi connectivity index (χ2v) is 10.2. The summed E-state index contributed by atoms with van der Waals surface area (Å²) in [7, 11) is 0. The zero-order chi connectivity index (χ0) is 29.8. The number of anilines is 1. The van der Waals surface area contributed by atoms with Gasteiger partial charge in [0.25, 0.3) is 0 Å². The van der Waals surface area contributed by atoms with E-state index in [1.54, 1.807) is 37.3 Å². The minimum absolute atomic E-state index is 0.213. The van der Waals surface area contributed by atoms with E-state index < -0.39 is 5.97 Å². The lowest BCUT2D eigenvalue weighted by Crippen LogP contribution is -2.25. The van der Waals surface area contributed by atoms with E-state index in [1.165, 1.54) is 31.2 Å². The van der Waals surface area contributed by atoms with Gasteiger partial charge >= 0.3 is 5.97 Å². The molecule has 2 aromatic heterocycles. The molecule has 216 valence electrons. The quantitative estimate of drug-likeness (QED) is 0.130. The number of hydrogen-bond acceptors (Lipinski definition) is 6. The van der Waals surface area contributed by atoms with E-state index in [-0.39, 0.29) is 17.1 Å². The number of carbonyl (C=O) groups is 2. The summed E-state index contributed by atoms with van der Waals surface area (Å²) in [6, 6.07) is 17.9. The highest BCUT2D eigenvalue weighted by Crippen LogP contribution is 2.25. The van der Waals surface area contributed by atoms with Crippen molar-refractivity contribution >= 4 is 46.0 Å². The summed E-state index contributed by atoms with van der Waals surface area (Å²) in [5.74, 6) is -0.230. The third kappa shape index (κ3) is 9.88. The summed E-state index contributed by atoms with van der Waals surface area (Å²) in [4.78, 5) is 29.3. The molecule has 2 heterocycles.